The van der Waals surface area contributed by atoms with E-state index in [1.165, 1.54) is 16.2 Å². The summed E-state index contributed by atoms with van der Waals surface area (Å²) in [5, 5.41) is 1.78. The number of likely N-dealkylation sites (tertiary alicyclic amines) is 1. The van der Waals surface area contributed by atoms with E-state index in [1.807, 2.05) is 4.90 Å². The fourth-order valence-electron chi connectivity index (χ4n) is 2.01. The van der Waals surface area contributed by atoms with Gasteiger partial charge in [0.25, 0.3) is 5.91 Å². The standard InChI is InChI=1S/C12H17N3O2S/c1-14(8-10(16)15-5-2-3-6-15)12(17)11-9(13)4-7-18-11/h4,7H,2-3,5-6,8,13H2,1H3. The van der Waals surface area contributed by atoms with E-state index >= 15 is 0 Å². The van der Waals surface area contributed by atoms with Gasteiger partial charge >= 0.3 is 0 Å². The largest absolute Gasteiger partial charge is 0.397 e. The number of amides is 2. The van der Waals surface area contributed by atoms with Gasteiger partial charge < -0.3 is 15.5 Å². The van der Waals surface area contributed by atoms with E-state index < -0.39 is 0 Å². The molecule has 0 unspecified atom stereocenters. The summed E-state index contributed by atoms with van der Waals surface area (Å²) >= 11 is 1.30. The summed E-state index contributed by atoms with van der Waals surface area (Å²) < 4.78 is 0. The fourth-order valence-corrected chi connectivity index (χ4v) is 2.82. The van der Waals surface area contributed by atoms with E-state index in [-0.39, 0.29) is 18.4 Å². The summed E-state index contributed by atoms with van der Waals surface area (Å²) in [6, 6.07) is 1.70. The second-order valence-electron chi connectivity index (χ2n) is 4.45. The second-order valence-corrected chi connectivity index (χ2v) is 5.37. The van der Waals surface area contributed by atoms with Gasteiger partial charge in [-0.3, -0.25) is 9.59 Å². The molecule has 1 aromatic heterocycles. The molecule has 5 nitrogen and oxygen atoms in total. The lowest BCUT2D eigenvalue weighted by molar-refractivity contribution is -0.130. The number of thiophene rings is 1. The predicted octanol–water partition coefficient (Wildman–Crippen LogP) is 1.02. The summed E-state index contributed by atoms with van der Waals surface area (Å²) in [6.45, 7) is 1.74. The minimum absolute atomic E-state index is 0.0125. The van der Waals surface area contributed by atoms with Crippen molar-refractivity contribution in [1.29, 1.82) is 0 Å². The van der Waals surface area contributed by atoms with E-state index in [4.69, 9.17) is 5.73 Å². The molecule has 0 saturated carbocycles. The number of hydrogen-bond acceptors (Lipinski definition) is 4. The molecular weight excluding hydrogens is 250 g/mol. The number of nitrogen functional groups attached to an aromatic ring is 1. The Morgan fingerprint density at radius 3 is 2.67 bits per heavy atom. The molecule has 0 spiro atoms. The number of likely N-dealkylation sites (N-methyl/N-ethyl adjacent to an activating group) is 1. The molecule has 1 aliphatic rings. The second kappa shape index (κ2) is 5.39. The highest BCUT2D eigenvalue weighted by atomic mass is 32.1. The summed E-state index contributed by atoms with van der Waals surface area (Å²) in [5.41, 5.74) is 6.18. The third-order valence-electron chi connectivity index (χ3n) is 3.07. The van der Waals surface area contributed by atoms with Gasteiger partial charge in [-0.25, -0.2) is 0 Å². The molecule has 2 amide bonds. The van der Waals surface area contributed by atoms with Gasteiger partial charge in [-0.15, -0.1) is 11.3 Å². The molecule has 2 rings (SSSR count). The number of nitrogens with two attached hydrogens (primary N) is 1. The quantitative estimate of drug-likeness (QED) is 0.889. The Kier molecular flexibility index (Phi) is 3.86. The molecule has 1 aliphatic heterocycles. The molecule has 0 bridgehead atoms. The van der Waals surface area contributed by atoms with Crippen molar-refractivity contribution in [2.24, 2.45) is 0 Å². The molecule has 2 heterocycles. The minimum Gasteiger partial charge on any atom is -0.397 e. The van der Waals surface area contributed by atoms with Gasteiger partial charge in [-0.1, -0.05) is 0 Å². The molecule has 2 N–H and O–H groups in total. The van der Waals surface area contributed by atoms with Gasteiger partial charge in [0.05, 0.1) is 12.2 Å². The zero-order chi connectivity index (χ0) is 13.1. The van der Waals surface area contributed by atoms with Gasteiger partial charge in [0.15, 0.2) is 0 Å². The molecule has 1 aromatic rings. The molecule has 0 aliphatic carbocycles. The van der Waals surface area contributed by atoms with Crippen LogP contribution in [0.25, 0.3) is 0 Å². The molecule has 0 atom stereocenters. The van der Waals surface area contributed by atoms with Crippen LogP contribution >= 0.6 is 11.3 Å². The lowest BCUT2D eigenvalue weighted by atomic mass is 10.3. The smallest absolute Gasteiger partial charge is 0.266 e. The Bertz CT molecular complexity index is 452. The van der Waals surface area contributed by atoms with Crippen LogP contribution in [-0.4, -0.2) is 48.3 Å². The molecule has 6 heteroatoms. The zero-order valence-electron chi connectivity index (χ0n) is 10.4. The lowest BCUT2D eigenvalue weighted by Gasteiger charge is -2.21. The highest BCUT2D eigenvalue weighted by Crippen LogP contribution is 2.20. The first kappa shape index (κ1) is 12.9. The maximum atomic E-state index is 12.1. The normalized spacial score (nSPS) is 14.8. The van der Waals surface area contributed by atoms with Crippen LogP contribution < -0.4 is 5.73 Å². The average Bonchev–Trinajstić information content (AvgIpc) is 2.98. The number of hydrogen-bond donors (Lipinski definition) is 1. The van der Waals surface area contributed by atoms with E-state index in [1.54, 1.807) is 18.5 Å². The zero-order valence-corrected chi connectivity index (χ0v) is 11.2. The van der Waals surface area contributed by atoms with Crippen molar-refractivity contribution in [2.45, 2.75) is 12.8 Å². The van der Waals surface area contributed by atoms with Crippen LogP contribution in [0.4, 0.5) is 5.69 Å². The number of rotatable bonds is 3. The number of carbonyl (C=O) groups is 2. The highest BCUT2D eigenvalue weighted by Gasteiger charge is 2.23. The van der Waals surface area contributed by atoms with Crippen LogP contribution in [0.2, 0.25) is 0 Å². The Balaban J connectivity index is 1.95. The number of carbonyl (C=O) groups excluding carboxylic acids is 2. The van der Waals surface area contributed by atoms with Gasteiger partial charge in [0.2, 0.25) is 5.91 Å². The Hall–Kier alpha value is -1.56. The summed E-state index contributed by atoms with van der Waals surface area (Å²) in [4.78, 5) is 27.7. The van der Waals surface area contributed by atoms with Crippen molar-refractivity contribution in [1.82, 2.24) is 9.80 Å². The number of nitrogens with zero attached hydrogens (tertiary/aromatic N) is 2. The van der Waals surface area contributed by atoms with Gasteiger partial charge in [-0.05, 0) is 24.3 Å². The molecule has 1 fully saturated rings. The Labute approximate surface area is 110 Å². The Morgan fingerprint density at radius 1 is 1.44 bits per heavy atom. The van der Waals surface area contributed by atoms with Crippen LogP contribution in [0.5, 0.6) is 0 Å². The van der Waals surface area contributed by atoms with Crippen molar-refractivity contribution < 1.29 is 9.59 Å². The lowest BCUT2D eigenvalue weighted by Crippen LogP contribution is -2.39. The van der Waals surface area contributed by atoms with Crippen molar-refractivity contribution in [3.8, 4) is 0 Å². The topological polar surface area (TPSA) is 66.6 Å². The maximum Gasteiger partial charge on any atom is 0.266 e. The monoisotopic (exact) mass is 267 g/mol. The van der Waals surface area contributed by atoms with Crippen LogP contribution in [0, 0.1) is 0 Å². The van der Waals surface area contributed by atoms with Crippen molar-refractivity contribution in [2.75, 3.05) is 32.4 Å². The van der Waals surface area contributed by atoms with Gasteiger partial charge in [0.1, 0.15) is 4.88 Å². The van der Waals surface area contributed by atoms with Crippen LogP contribution in [-0.2, 0) is 4.79 Å². The van der Waals surface area contributed by atoms with E-state index in [0.29, 0.717) is 10.6 Å². The van der Waals surface area contributed by atoms with Crippen LogP contribution in [0.3, 0.4) is 0 Å². The summed E-state index contributed by atoms with van der Waals surface area (Å²) in [7, 11) is 1.63. The molecule has 98 valence electrons. The first-order valence-electron chi connectivity index (χ1n) is 5.96. The van der Waals surface area contributed by atoms with E-state index in [9.17, 15) is 9.59 Å². The number of anilines is 1. The van der Waals surface area contributed by atoms with Crippen molar-refractivity contribution >= 4 is 28.8 Å². The molecular formula is C12H17N3O2S. The third kappa shape index (κ3) is 2.64. The minimum atomic E-state index is -0.185. The Morgan fingerprint density at radius 2 is 2.11 bits per heavy atom. The van der Waals surface area contributed by atoms with Gasteiger partial charge in [-0.2, -0.15) is 0 Å². The van der Waals surface area contributed by atoms with Crippen LogP contribution in [0.1, 0.15) is 22.5 Å². The first-order valence-corrected chi connectivity index (χ1v) is 6.84. The van der Waals surface area contributed by atoms with Crippen LogP contribution in [0.15, 0.2) is 11.4 Å². The maximum absolute atomic E-state index is 12.1. The molecule has 0 radical (unpaired) electrons. The fraction of sp³-hybridized carbons (Fsp3) is 0.500. The van der Waals surface area contributed by atoms with Crippen molar-refractivity contribution in [3.63, 3.8) is 0 Å². The van der Waals surface area contributed by atoms with E-state index in [2.05, 4.69) is 0 Å². The molecule has 0 aromatic carbocycles. The SMILES string of the molecule is CN(CC(=O)N1CCCC1)C(=O)c1sccc1N. The predicted molar refractivity (Wildman–Crippen MR) is 71.5 cm³/mol. The third-order valence-corrected chi connectivity index (χ3v) is 3.99. The summed E-state index contributed by atoms with van der Waals surface area (Å²) in [5.74, 6) is -0.173. The first-order chi connectivity index (χ1) is 8.59. The molecule has 1 saturated heterocycles. The average molecular weight is 267 g/mol. The van der Waals surface area contributed by atoms with E-state index in [0.717, 1.165) is 25.9 Å². The summed E-state index contributed by atoms with van der Waals surface area (Å²) in [6.07, 6.45) is 2.11. The molecule has 18 heavy (non-hydrogen) atoms. The highest BCUT2D eigenvalue weighted by molar-refractivity contribution is 7.12. The van der Waals surface area contributed by atoms with Crippen molar-refractivity contribution in [3.05, 3.63) is 16.3 Å². The van der Waals surface area contributed by atoms with Gasteiger partial charge in [0, 0.05) is 20.1 Å².